The Morgan fingerprint density at radius 1 is 1.47 bits per heavy atom. The van der Waals surface area contributed by atoms with Crippen LogP contribution in [-0.4, -0.2) is 41.0 Å². The molecule has 1 saturated heterocycles. The van der Waals surface area contributed by atoms with E-state index in [0.29, 0.717) is 0 Å². The van der Waals surface area contributed by atoms with Crippen molar-refractivity contribution in [2.24, 2.45) is 0 Å². The summed E-state index contributed by atoms with van der Waals surface area (Å²) in [6.45, 7) is 6.99. The lowest BCUT2D eigenvalue weighted by Gasteiger charge is -2.29. The minimum atomic E-state index is -0.153. The van der Waals surface area contributed by atoms with Gasteiger partial charge in [0.1, 0.15) is 0 Å². The van der Waals surface area contributed by atoms with Crippen molar-refractivity contribution in [2.75, 3.05) is 13.2 Å². The maximum absolute atomic E-state index is 12.6. The lowest BCUT2D eigenvalue weighted by molar-refractivity contribution is 0.0757. The summed E-state index contributed by atoms with van der Waals surface area (Å²) in [7, 11) is 0. The summed E-state index contributed by atoms with van der Waals surface area (Å²) in [6, 6.07) is 5.99. The van der Waals surface area contributed by atoms with Crippen molar-refractivity contribution in [2.45, 2.75) is 45.7 Å². The van der Waals surface area contributed by atoms with E-state index in [2.05, 4.69) is 4.90 Å². The molecule has 1 fully saturated rings. The zero-order chi connectivity index (χ0) is 14.0. The van der Waals surface area contributed by atoms with Gasteiger partial charge in [-0.05, 0) is 51.8 Å². The minimum Gasteiger partial charge on any atom is -0.395 e. The molecule has 1 aromatic carbocycles. The molecule has 0 saturated carbocycles. The zero-order valence-electron chi connectivity index (χ0n) is 12.0. The lowest BCUT2D eigenvalue weighted by Crippen LogP contribution is -2.43. The second-order valence-corrected chi connectivity index (χ2v) is 5.58. The fourth-order valence-corrected chi connectivity index (χ4v) is 2.94. The first-order valence-corrected chi connectivity index (χ1v) is 7.02. The van der Waals surface area contributed by atoms with Crippen LogP contribution in [0.3, 0.4) is 0 Å². The Kier molecular flexibility index (Phi) is 4.38. The van der Waals surface area contributed by atoms with E-state index in [1.807, 2.05) is 39.0 Å². The molecular formula is C16H23NO2. The molecule has 19 heavy (non-hydrogen) atoms. The highest BCUT2D eigenvalue weighted by Crippen LogP contribution is 2.23. The van der Waals surface area contributed by atoms with Crippen molar-refractivity contribution in [1.82, 2.24) is 4.90 Å². The molecule has 1 aromatic rings. The van der Waals surface area contributed by atoms with Crippen molar-refractivity contribution in [3.63, 3.8) is 0 Å². The van der Waals surface area contributed by atoms with Gasteiger partial charge in [0.2, 0.25) is 0 Å². The molecule has 2 rings (SSSR count). The third-order valence-corrected chi connectivity index (χ3v) is 4.17. The van der Waals surface area contributed by atoms with Crippen LogP contribution in [0.25, 0.3) is 0 Å². The smallest absolute Gasteiger partial charge is 0.179 e. The molecule has 1 heterocycles. The number of ketones is 1. The number of Topliss-reactive ketones (excluding diaryl/α,β-unsaturated/α-hetero) is 1. The summed E-state index contributed by atoms with van der Waals surface area (Å²) < 4.78 is 0. The summed E-state index contributed by atoms with van der Waals surface area (Å²) in [5.41, 5.74) is 2.96. The first-order chi connectivity index (χ1) is 9.04. The normalized spacial score (nSPS) is 21.6. The third-order valence-electron chi connectivity index (χ3n) is 4.17. The molecule has 3 nitrogen and oxygen atoms in total. The Hall–Kier alpha value is -1.19. The van der Waals surface area contributed by atoms with Crippen molar-refractivity contribution in [1.29, 1.82) is 0 Å². The highest BCUT2D eigenvalue weighted by atomic mass is 16.3. The van der Waals surface area contributed by atoms with Crippen molar-refractivity contribution in [3.8, 4) is 0 Å². The average Bonchev–Trinajstić information content (AvgIpc) is 2.88. The Morgan fingerprint density at radius 3 is 2.89 bits per heavy atom. The van der Waals surface area contributed by atoms with Crippen LogP contribution >= 0.6 is 0 Å². The molecule has 1 aliphatic rings. The number of aliphatic hydroxyl groups excluding tert-OH is 1. The van der Waals surface area contributed by atoms with Gasteiger partial charge >= 0.3 is 0 Å². The summed E-state index contributed by atoms with van der Waals surface area (Å²) >= 11 is 0. The van der Waals surface area contributed by atoms with Gasteiger partial charge in [-0.3, -0.25) is 9.69 Å². The number of aliphatic hydroxyl groups is 1. The van der Waals surface area contributed by atoms with Gasteiger partial charge in [-0.15, -0.1) is 0 Å². The first-order valence-electron chi connectivity index (χ1n) is 7.02. The molecule has 0 aliphatic carbocycles. The van der Waals surface area contributed by atoms with Crippen molar-refractivity contribution >= 4 is 5.78 Å². The predicted octanol–water partition coefficient (Wildman–Crippen LogP) is 2.33. The number of carbonyl (C=O) groups is 1. The monoisotopic (exact) mass is 261 g/mol. The molecule has 0 amide bonds. The first kappa shape index (κ1) is 14.2. The molecule has 0 bridgehead atoms. The lowest BCUT2D eigenvalue weighted by atomic mass is 9.97. The number of hydrogen-bond donors (Lipinski definition) is 1. The van der Waals surface area contributed by atoms with Gasteiger partial charge in [0.15, 0.2) is 5.78 Å². The molecule has 1 aliphatic heterocycles. The molecule has 0 spiro atoms. The number of rotatable bonds is 4. The zero-order valence-corrected chi connectivity index (χ0v) is 12.0. The second kappa shape index (κ2) is 5.85. The van der Waals surface area contributed by atoms with E-state index in [0.717, 1.165) is 36.1 Å². The SMILES string of the molecule is Cc1ccc(C)c(C(=O)C(C)N2CCCC2CO)c1. The van der Waals surface area contributed by atoms with Crippen LogP contribution < -0.4 is 0 Å². The summed E-state index contributed by atoms with van der Waals surface area (Å²) in [6.07, 6.45) is 2.05. The molecule has 1 N–H and O–H groups in total. The van der Waals surface area contributed by atoms with Gasteiger partial charge in [-0.2, -0.15) is 0 Å². The second-order valence-electron chi connectivity index (χ2n) is 5.58. The molecule has 3 heteroatoms. The topological polar surface area (TPSA) is 40.5 Å². The molecule has 0 radical (unpaired) electrons. The summed E-state index contributed by atoms with van der Waals surface area (Å²) in [4.78, 5) is 14.8. The van der Waals surface area contributed by atoms with E-state index in [1.54, 1.807) is 0 Å². The highest BCUT2D eigenvalue weighted by Gasteiger charge is 2.32. The Bertz CT molecular complexity index is 470. The number of benzene rings is 1. The van der Waals surface area contributed by atoms with Crippen molar-refractivity contribution in [3.05, 3.63) is 34.9 Å². The highest BCUT2D eigenvalue weighted by molar-refractivity contribution is 6.01. The van der Waals surface area contributed by atoms with Crippen LogP contribution in [0.5, 0.6) is 0 Å². The Balaban J connectivity index is 2.21. The van der Waals surface area contributed by atoms with Gasteiger partial charge in [0, 0.05) is 11.6 Å². The van der Waals surface area contributed by atoms with Crippen molar-refractivity contribution < 1.29 is 9.90 Å². The molecular weight excluding hydrogens is 238 g/mol. The van der Waals surface area contributed by atoms with E-state index in [1.165, 1.54) is 0 Å². The van der Waals surface area contributed by atoms with Gasteiger partial charge in [0.05, 0.1) is 12.6 Å². The number of carbonyl (C=O) groups excluding carboxylic acids is 1. The summed E-state index contributed by atoms with van der Waals surface area (Å²) in [5, 5.41) is 9.38. The Labute approximate surface area is 115 Å². The third kappa shape index (κ3) is 2.88. The van der Waals surface area contributed by atoms with Gasteiger partial charge in [-0.1, -0.05) is 17.7 Å². The van der Waals surface area contributed by atoms with Crippen LogP contribution in [0, 0.1) is 13.8 Å². The number of hydrogen-bond acceptors (Lipinski definition) is 3. The van der Waals surface area contributed by atoms with E-state index in [-0.39, 0.29) is 24.5 Å². The van der Waals surface area contributed by atoms with Gasteiger partial charge < -0.3 is 5.11 Å². The Morgan fingerprint density at radius 2 is 2.21 bits per heavy atom. The standard InChI is InChI=1S/C16H23NO2/c1-11-6-7-12(2)15(9-11)16(19)13(3)17-8-4-5-14(17)10-18/h6-7,9,13-14,18H,4-5,8,10H2,1-3H3. The van der Waals surface area contributed by atoms with Crippen LogP contribution in [-0.2, 0) is 0 Å². The van der Waals surface area contributed by atoms with E-state index in [9.17, 15) is 9.90 Å². The number of nitrogens with zero attached hydrogens (tertiary/aromatic N) is 1. The maximum atomic E-state index is 12.6. The fourth-order valence-electron chi connectivity index (χ4n) is 2.94. The van der Waals surface area contributed by atoms with Crippen LogP contribution in [0.1, 0.15) is 41.3 Å². The molecule has 2 unspecified atom stereocenters. The predicted molar refractivity (Wildman–Crippen MR) is 76.5 cm³/mol. The van der Waals surface area contributed by atoms with Crippen LogP contribution in [0.4, 0.5) is 0 Å². The summed E-state index contributed by atoms with van der Waals surface area (Å²) in [5.74, 6) is 0.168. The molecule has 2 atom stereocenters. The fraction of sp³-hybridized carbons (Fsp3) is 0.562. The molecule has 104 valence electrons. The largest absolute Gasteiger partial charge is 0.395 e. The number of likely N-dealkylation sites (tertiary alicyclic amines) is 1. The molecule has 0 aromatic heterocycles. The quantitative estimate of drug-likeness (QED) is 0.846. The van der Waals surface area contributed by atoms with Gasteiger partial charge in [-0.25, -0.2) is 0 Å². The average molecular weight is 261 g/mol. The van der Waals surface area contributed by atoms with Crippen LogP contribution in [0.2, 0.25) is 0 Å². The maximum Gasteiger partial charge on any atom is 0.179 e. The minimum absolute atomic E-state index is 0.143. The number of aryl methyl sites for hydroxylation is 2. The van der Waals surface area contributed by atoms with E-state index >= 15 is 0 Å². The van der Waals surface area contributed by atoms with E-state index in [4.69, 9.17) is 0 Å². The van der Waals surface area contributed by atoms with E-state index < -0.39 is 0 Å². The van der Waals surface area contributed by atoms with Crippen LogP contribution in [0.15, 0.2) is 18.2 Å². The van der Waals surface area contributed by atoms with Gasteiger partial charge in [0.25, 0.3) is 0 Å².